The zero-order chi connectivity index (χ0) is 27.6. The number of rotatable bonds is 4. The molecule has 3 aromatic rings. The lowest BCUT2D eigenvalue weighted by Gasteiger charge is -2.15. The van der Waals surface area contributed by atoms with Crippen LogP contribution in [0.4, 0.5) is 17.6 Å². The first kappa shape index (κ1) is 25.9. The first-order chi connectivity index (χ1) is 17.9. The van der Waals surface area contributed by atoms with Crippen LogP contribution < -0.4 is 0 Å². The van der Waals surface area contributed by atoms with Gasteiger partial charge in [0.25, 0.3) is 0 Å². The van der Waals surface area contributed by atoms with Gasteiger partial charge in [0.15, 0.2) is 23.3 Å². The molecule has 194 valence electrons. The quantitative estimate of drug-likeness (QED) is 0.204. The molecule has 0 radical (unpaired) electrons. The molecule has 0 fully saturated rings. The van der Waals surface area contributed by atoms with E-state index in [1.54, 1.807) is 36.4 Å². The highest BCUT2D eigenvalue weighted by Crippen LogP contribution is 2.48. The van der Waals surface area contributed by atoms with E-state index in [2.05, 4.69) is 0 Å². The molecule has 4 nitrogen and oxygen atoms in total. The molecule has 2 heterocycles. The van der Waals surface area contributed by atoms with Crippen molar-refractivity contribution in [1.29, 1.82) is 0 Å². The highest BCUT2D eigenvalue weighted by molar-refractivity contribution is 8.05. The van der Waals surface area contributed by atoms with Gasteiger partial charge in [-0.3, -0.25) is 0 Å². The van der Waals surface area contributed by atoms with Crippen molar-refractivity contribution in [2.45, 2.75) is 13.8 Å². The predicted octanol–water partition coefficient (Wildman–Crippen LogP) is 6.64. The molecule has 0 spiro atoms. The molecule has 0 bridgehead atoms. The smallest absolute Gasteiger partial charge is 0.203 e. The number of sulfone groups is 2. The van der Waals surface area contributed by atoms with Crippen molar-refractivity contribution in [3.63, 3.8) is 0 Å². The van der Waals surface area contributed by atoms with Gasteiger partial charge < -0.3 is 0 Å². The molecule has 0 amide bonds. The van der Waals surface area contributed by atoms with Gasteiger partial charge in [0.2, 0.25) is 19.7 Å². The van der Waals surface area contributed by atoms with Crippen LogP contribution in [0.5, 0.6) is 0 Å². The van der Waals surface area contributed by atoms with Crippen LogP contribution in [0.15, 0.2) is 82.6 Å². The molecule has 5 rings (SSSR count). The fourth-order valence-electron chi connectivity index (χ4n) is 4.56. The van der Waals surface area contributed by atoms with E-state index in [1.165, 1.54) is 24.3 Å². The zero-order valence-electron chi connectivity index (χ0n) is 19.9. The fourth-order valence-corrected chi connectivity index (χ4v) is 7.56. The summed E-state index contributed by atoms with van der Waals surface area (Å²) in [6.45, 7) is 2.27. The van der Waals surface area contributed by atoms with Crippen LogP contribution in [0, 0.1) is 23.3 Å². The Kier molecular flexibility index (Phi) is 6.07. The maximum atomic E-state index is 15.5. The SMILES string of the molecule is CC1=C(c2c(F)c(F)c(F)c(F)c2C2=C(C)S(=O)(=O)C(c3ccccc3)=C2)C=C(c2ccccc2)S1(=O)=O. The molecule has 2 aliphatic heterocycles. The van der Waals surface area contributed by atoms with E-state index in [0.717, 1.165) is 26.0 Å². The van der Waals surface area contributed by atoms with Crippen molar-refractivity contribution in [1.82, 2.24) is 0 Å². The summed E-state index contributed by atoms with van der Waals surface area (Å²) in [6.07, 6.45) is 2.11. The summed E-state index contributed by atoms with van der Waals surface area (Å²) in [5, 5.41) is 0. The molecular weight excluding hydrogens is 540 g/mol. The molecule has 0 N–H and O–H groups in total. The van der Waals surface area contributed by atoms with Crippen LogP contribution in [0.3, 0.4) is 0 Å². The summed E-state index contributed by atoms with van der Waals surface area (Å²) >= 11 is 0. The molecule has 0 unspecified atom stereocenters. The van der Waals surface area contributed by atoms with Gasteiger partial charge >= 0.3 is 0 Å². The van der Waals surface area contributed by atoms with Gasteiger partial charge in [-0.2, -0.15) is 0 Å². The Balaban J connectivity index is 1.86. The molecule has 0 aliphatic carbocycles. The first-order valence-electron chi connectivity index (χ1n) is 11.2. The highest BCUT2D eigenvalue weighted by Gasteiger charge is 2.39. The molecular formula is C28H18F4O4S2. The van der Waals surface area contributed by atoms with E-state index >= 15 is 8.78 Å². The number of allylic oxidation sites excluding steroid dienone is 6. The summed E-state index contributed by atoms with van der Waals surface area (Å²) in [5.74, 6) is -7.97. The van der Waals surface area contributed by atoms with Crippen LogP contribution >= 0.6 is 0 Å². The van der Waals surface area contributed by atoms with E-state index in [9.17, 15) is 25.6 Å². The van der Waals surface area contributed by atoms with Gasteiger partial charge in [0.1, 0.15) is 0 Å². The van der Waals surface area contributed by atoms with E-state index < -0.39 is 75.0 Å². The first-order valence-corrected chi connectivity index (χ1v) is 14.2. The third kappa shape index (κ3) is 3.70. The largest absolute Gasteiger partial charge is 0.219 e. The lowest BCUT2D eigenvalue weighted by molar-refractivity contribution is 0.406. The summed E-state index contributed by atoms with van der Waals surface area (Å²) in [7, 11) is -8.43. The summed E-state index contributed by atoms with van der Waals surface area (Å²) in [4.78, 5) is -1.33. The Bertz CT molecular complexity index is 1730. The Morgan fingerprint density at radius 1 is 0.500 bits per heavy atom. The minimum atomic E-state index is -4.21. The van der Waals surface area contributed by atoms with Crippen LogP contribution in [0.1, 0.15) is 36.1 Å². The maximum absolute atomic E-state index is 15.5. The standard InChI is InChI=1S/C28H18F4O4S2/c1-15-19(13-21(37(15,33)34)17-9-5-3-6-10-17)23-24(26(30)28(32)27(31)25(23)29)20-14-22(38(35,36)16(20)2)18-11-7-4-8-12-18/h3-14H,1-2H3. The molecule has 3 aromatic carbocycles. The summed E-state index contributed by atoms with van der Waals surface area (Å²) < 4.78 is 113. The third-order valence-corrected chi connectivity index (χ3v) is 10.5. The van der Waals surface area contributed by atoms with Gasteiger partial charge in [0, 0.05) is 22.3 Å². The lowest BCUT2D eigenvalue weighted by atomic mass is 9.91. The second-order valence-corrected chi connectivity index (χ2v) is 12.8. The van der Waals surface area contributed by atoms with Crippen LogP contribution in [-0.2, 0) is 19.7 Å². The highest BCUT2D eigenvalue weighted by atomic mass is 32.2. The van der Waals surface area contributed by atoms with E-state index in [-0.39, 0.29) is 20.9 Å². The Morgan fingerprint density at radius 2 is 0.816 bits per heavy atom. The van der Waals surface area contributed by atoms with Crippen LogP contribution in [-0.4, -0.2) is 16.8 Å². The Hall–Kier alpha value is -3.76. The van der Waals surface area contributed by atoms with Crippen LogP contribution in [0.25, 0.3) is 21.0 Å². The molecule has 0 atom stereocenters. The average molecular weight is 559 g/mol. The number of benzene rings is 3. The monoisotopic (exact) mass is 558 g/mol. The Morgan fingerprint density at radius 3 is 1.13 bits per heavy atom. The van der Waals surface area contributed by atoms with Gasteiger partial charge in [0.05, 0.1) is 19.6 Å². The minimum Gasteiger partial charge on any atom is -0.219 e. The van der Waals surface area contributed by atoms with Crippen molar-refractivity contribution in [2.24, 2.45) is 0 Å². The molecule has 38 heavy (non-hydrogen) atoms. The van der Waals surface area contributed by atoms with Crippen LogP contribution in [0.2, 0.25) is 0 Å². The summed E-state index contributed by atoms with van der Waals surface area (Å²) in [6, 6.07) is 15.6. The van der Waals surface area contributed by atoms with E-state index in [0.29, 0.717) is 0 Å². The number of hydrogen-bond donors (Lipinski definition) is 0. The topological polar surface area (TPSA) is 68.3 Å². The van der Waals surface area contributed by atoms with E-state index in [1.807, 2.05) is 0 Å². The molecule has 10 heteroatoms. The van der Waals surface area contributed by atoms with Gasteiger partial charge in [-0.05, 0) is 37.1 Å². The summed E-state index contributed by atoms with van der Waals surface area (Å²) in [5.41, 5.74) is -2.09. The Labute approximate surface area is 216 Å². The van der Waals surface area contributed by atoms with E-state index in [4.69, 9.17) is 0 Å². The van der Waals surface area contributed by atoms with Gasteiger partial charge in [-0.15, -0.1) is 0 Å². The van der Waals surface area contributed by atoms with Gasteiger partial charge in [-0.25, -0.2) is 34.4 Å². The molecule has 0 saturated heterocycles. The number of hydrogen-bond acceptors (Lipinski definition) is 4. The maximum Gasteiger partial charge on any atom is 0.203 e. The predicted molar refractivity (Wildman–Crippen MR) is 138 cm³/mol. The number of halogens is 4. The van der Waals surface area contributed by atoms with Crippen molar-refractivity contribution in [2.75, 3.05) is 0 Å². The lowest BCUT2D eigenvalue weighted by Crippen LogP contribution is -2.09. The molecule has 2 aliphatic rings. The second kappa shape index (κ2) is 8.92. The van der Waals surface area contributed by atoms with Gasteiger partial charge in [-0.1, -0.05) is 60.7 Å². The van der Waals surface area contributed by atoms with Crippen molar-refractivity contribution < 1.29 is 34.4 Å². The van der Waals surface area contributed by atoms with Crippen molar-refractivity contribution >= 4 is 40.6 Å². The van der Waals surface area contributed by atoms with Crippen molar-refractivity contribution in [3.8, 4) is 0 Å². The minimum absolute atomic E-state index is 0.244. The average Bonchev–Trinajstić information content (AvgIpc) is 3.28. The zero-order valence-corrected chi connectivity index (χ0v) is 21.5. The molecule has 0 aromatic heterocycles. The normalized spacial score (nSPS) is 18.2. The second-order valence-electron chi connectivity index (χ2n) is 8.70. The van der Waals surface area contributed by atoms with Crippen molar-refractivity contribution in [3.05, 3.63) is 128 Å². The molecule has 0 saturated carbocycles. The third-order valence-electron chi connectivity index (χ3n) is 6.62. The fraction of sp³-hybridized carbons (Fsp3) is 0.0714.